The molecular formula is C15H16N6. The van der Waals surface area contributed by atoms with E-state index in [0.717, 1.165) is 34.5 Å². The molecule has 1 aromatic carbocycles. The maximum Gasteiger partial charge on any atom is 0.207 e. The number of anilines is 1. The van der Waals surface area contributed by atoms with Crippen LogP contribution in [0.5, 0.6) is 0 Å². The first-order valence-corrected chi connectivity index (χ1v) is 6.77. The van der Waals surface area contributed by atoms with E-state index in [1.807, 2.05) is 37.6 Å². The predicted molar refractivity (Wildman–Crippen MR) is 81.1 cm³/mol. The van der Waals surface area contributed by atoms with Gasteiger partial charge in [-0.2, -0.15) is 10.4 Å². The fourth-order valence-corrected chi connectivity index (χ4v) is 2.59. The van der Waals surface area contributed by atoms with Gasteiger partial charge in [-0.1, -0.05) is 13.0 Å². The van der Waals surface area contributed by atoms with Crippen LogP contribution in [0, 0.1) is 18.3 Å². The van der Waals surface area contributed by atoms with E-state index in [1.54, 1.807) is 10.7 Å². The van der Waals surface area contributed by atoms with Crippen molar-refractivity contribution in [3.63, 3.8) is 0 Å². The van der Waals surface area contributed by atoms with Crippen LogP contribution in [0.4, 0.5) is 5.95 Å². The average molecular weight is 280 g/mol. The van der Waals surface area contributed by atoms with E-state index in [1.165, 1.54) is 0 Å². The van der Waals surface area contributed by atoms with Gasteiger partial charge in [0.1, 0.15) is 5.52 Å². The predicted octanol–water partition coefficient (Wildman–Crippen LogP) is 2.08. The van der Waals surface area contributed by atoms with Crippen molar-refractivity contribution in [1.82, 2.24) is 19.3 Å². The molecule has 2 N–H and O–H groups in total. The highest BCUT2D eigenvalue weighted by Crippen LogP contribution is 2.27. The van der Waals surface area contributed by atoms with Gasteiger partial charge >= 0.3 is 0 Å². The largest absolute Gasteiger partial charge is 0.369 e. The smallest absolute Gasteiger partial charge is 0.207 e. The molecule has 0 amide bonds. The van der Waals surface area contributed by atoms with Gasteiger partial charge in [-0.05, 0) is 31.0 Å². The van der Waals surface area contributed by atoms with Crippen LogP contribution in [0.1, 0.15) is 23.7 Å². The molecule has 0 saturated heterocycles. The van der Waals surface area contributed by atoms with Gasteiger partial charge in [0.2, 0.25) is 5.95 Å². The summed E-state index contributed by atoms with van der Waals surface area (Å²) in [5.41, 5.74) is 11.2. The van der Waals surface area contributed by atoms with E-state index < -0.39 is 0 Å². The summed E-state index contributed by atoms with van der Waals surface area (Å²) in [5.74, 6) is 0.408. The molecular weight excluding hydrogens is 264 g/mol. The molecule has 0 radical (unpaired) electrons. The second kappa shape index (κ2) is 4.63. The lowest BCUT2D eigenvalue weighted by molar-refractivity contribution is 0.751. The van der Waals surface area contributed by atoms with Gasteiger partial charge in [0.05, 0.1) is 23.0 Å². The average Bonchev–Trinajstić information content (AvgIpc) is 2.96. The number of rotatable bonds is 2. The maximum absolute atomic E-state index is 9.11. The summed E-state index contributed by atoms with van der Waals surface area (Å²) in [6.45, 7) is 4.03. The van der Waals surface area contributed by atoms with Crippen molar-refractivity contribution in [2.75, 3.05) is 5.73 Å². The molecule has 2 heterocycles. The van der Waals surface area contributed by atoms with E-state index in [9.17, 15) is 0 Å². The number of hydrogen-bond acceptors (Lipinski definition) is 4. The molecule has 0 fully saturated rings. The first-order valence-electron chi connectivity index (χ1n) is 6.77. The number of nitrogens with two attached hydrogens (primary N) is 1. The zero-order chi connectivity index (χ0) is 15.1. The van der Waals surface area contributed by atoms with Gasteiger partial charge < -0.3 is 5.73 Å². The Morgan fingerprint density at radius 2 is 2.14 bits per heavy atom. The maximum atomic E-state index is 9.11. The molecule has 2 aromatic heterocycles. The normalized spacial score (nSPS) is 11.0. The minimum absolute atomic E-state index is 0.408. The van der Waals surface area contributed by atoms with Gasteiger partial charge in [0.25, 0.3) is 0 Å². The van der Waals surface area contributed by atoms with Gasteiger partial charge in [0.15, 0.2) is 5.65 Å². The number of fused-ring (bicyclic) bond motifs is 1. The van der Waals surface area contributed by atoms with Crippen LogP contribution in [-0.4, -0.2) is 19.3 Å². The molecule has 0 bridgehead atoms. The van der Waals surface area contributed by atoms with Crippen molar-refractivity contribution in [2.45, 2.75) is 20.3 Å². The number of nitrogen functional groups attached to an aromatic ring is 1. The number of benzene rings is 1. The summed E-state index contributed by atoms with van der Waals surface area (Å²) in [4.78, 5) is 4.45. The summed E-state index contributed by atoms with van der Waals surface area (Å²) in [7, 11) is 1.88. The minimum atomic E-state index is 0.408. The molecule has 0 aliphatic carbocycles. The molecule has 0 aliphatic heterocycles. The molecule has 6 heteroatoms. The zero-order valence-corrected chi connectivity index (χ0v) is 12.3. The molecule has 0 aliphatic rings. The van der Waals surface area contributed by atoms with Gasteiger partial charge in [0, 0.05) is 7.05 Å². The highest BCUT2D eigenvalue weighted by atomic mass is 15.3. The van der Waals surface area contributed by atoms with Crippen LogP contribution < -0.4 is 5.73 Å². The second-order valence-corrected chi connectivity index (χ2v) is 5.01. The van der Waals surface area contributed by atoms with Crippen molar-refractivity contribution in [3.05, 3.63) is 35.0 Å². The third-order valence-corrected chi connectivity index (χ3v) is 3.64. The van der Waals surface area contributed by atoms with Crippen LogP contribution in [0.2, 0.25) is 0 Å². The second-order valence-electron chi connectivity index (χ2n) is 5.01. The highest BCUT2D eigenvalue weighted by Gasteiger charge is 2.19. The van der Waals surface area contributed by atoms with E-state index in [0.29, 0.717) is 11.5 Å². The minimum Gasteiger partial charge on any atom is -0.369 e. The van der Waals surface area contributed by atoms with Crippen LogP contribution in [0.3, 0.4) is 0 Å². The summed E-state index contributed by atoms with van der Waals surface area (Å²) < 4.78 is 3.65. The SMILES string of the molecule is CCc1nn(C)c2c1nc(N)n2-c1cc(C#N)ccc1C. The Morgan fingerprint density at radius 3 is 2.81 bits per heavy atom. The summed E-state index contributed by atoms with van der Waals surface area (Å²) in [6.07, 6.45) is 0.797. The molecule has 106 valence electrons. The van der Waals surface area contributed by atoms with Crippen molar-refractivity contribution in [1.29, 1.82) is 5.26 Å². The first kappa shape index (κ1) is 13.2. The number of nitrogens with zero attached hydrogens (tertiary/aromatic N) is 5. The molecule has 6 nitrogen and oxygen atoms in total. The fraction of sp³-hybridized carbons (Fsp3) is 0.267. The van der Waals surface area contributed by atoms with Crippen LogP contribution in [-0.2, 0) is 13.5 Å². The van der Waals surface area contributed by atoms with Gasteiger partial charge in [-0.15, -0.1) is 0 Å². The lowest BCUT2D eigenvalue weighted by Crippen LogP contribution is -2.06. The van der Waals surface area contributed by atoms with E-state index in [4.69, 9.17) is 11.0 Å². The number of nitriles is 1. The Hall–Kier alpha value is -2.81. The van der Waals surface area contributed by atoms with Crippen molar-refractivity contribution >= 4 is 17.1 Å². The number of aromatic nitrogens is 4. The quantitative estimate of drug-likeness (QED) is 0.778. The lowest BCUT2D eigenvalue weighted by Gasteiger charge is -2.10. The molecule has 0 spiro atoms. The molecule has 21 heavy (non-hydrogen) atoms. The van der Waals surface area contributed by atoms with Crippen molar-refractivity contribution in [2.24, 2.45) is 7.05 Å². The van der Waals surface area contributed by atoms with Crippen LogP contribution in [0.15, 0.2) is 18.2 Å². The molecule has 0 unspecified atom stereocenters. The third kappa shape index (κ3) is 1.86. The number of imidazole rings is 1. The zero-order valence-electron chi connectivity index (χ0n) is 12.3. The summed E-state index contributed by atoms with van der Waals surface area (Å²) >= 11 is 0. The van der Waals surface area contributed by atoms with Crippen molar-refractivity contribution in [3.8, 4) is 11.8 Å². The van der Waals surface area contributed by atoms with E-state index in [2.05, 4.69) is 16.2 Å². The Labute approximate surface area is 122 Å². The fourth-order valence-electron chi connectivity index (χ4n) is 2.59. The van der Waals surface area contributed by atoms with Crippen molar-refractivity contribution < 1.29 is 0 Å². The van der Waals surface area contributed by atoms with E-state index in [-0.39, 0.29) is 0 Å². The lowest BCUT2D eigenvalue weighted by atomic mass is 10.1. The number of hydrogen-bond donors (Lipinski definition) is 1. The topological polar surface area (TPSA) is 85.5 Å². The molecule has 3 aromatic rings. The Morgan fingerprint density at radius 1 is 1.38 bits per heavy atom. The summed E-state index contributed by atoms with van der Waals surface area (Å²) in [5, 5.41) is 13.6. The van der Waals surface area contributed by atoms with Crippen LogP contribution >= 0.6 is 0 Å². The Bertz CT molecular complexity index is 878. The highest BCUT2D eigenvalue weighted by molar-refractivity contribution is 5.80. The molecule has 0 atom stereocenters. The van der Waals surface area contributed by atoms with E-state index >= 15 is 0 Å². The summed E-state index contributed by atoms with van der Waals surface area (Å²) in [6, 6.07) is 7.69. The first-order chi connectivity index (χ1) is 10.1. The monoisotopic (exact) mass is 280 g/mol. The molecule has 0 saturated carbocycles. The third-order valence-electron chi connectivity index (χ3n) is 3.64. The standard InChI is InChI=1S/C15H16N6/c1-4-11-13-14(20(3)19-11)21(15(17)18-13)12-7-10(8-16)6-5-9(12)2/h5-7H,4H2,1-3H3,(H2,17,18). The van der Waals surface area contributed by atoms with Gasteiger partial charge in [-0.3, -0.25) is 4.57 Å². The number of aryl methyl sites for hydroxylation is 3. The van der Waals surface area contributed by atoms with Crippen LogP contribution in [0.25, 0.3) is 16.9 Å². The molecule has 3 rings (SSSR count). The van der Waals surface area contributed by atoms with Gasteiger partial charge in [-0.25, -0.2) is 9.67 Å². The Kier molecular flexibility index (Phi) is 2.91. The Balaban J connectivity index is 2.38.